The number of rotatable bonds is 4. The van der Waals surface area contributed by atoms with Crippen molar-refractivity contribution >= 4 is 49.6 Å². The molecular weight excluding hydrogens is 440 g/mol. The van der Waals surface area contributed by atoms with Crippen molar-refractivity contribution in [1.82, 2.24) is 9.97 Å². The molecule has 0 fully saturated rings. The summed E-state index contributed by atoms with van der Waals surface area (Å²) < 4.78 is 5.68. The summed E-state index contributed by atoms with van der Waals surface area (Å²) in [6, 6.07) is 13.2. The maximum absolute atomic E-state index is 12.7. The van der Waals surface area contributed by atoms with E-state index >= 15 is 0 Å². The minimum absolute atomic E-state index is 0.0413. The van der Waals surface area contributed by atoms with Crippen LogP contribution in [0, 0.1) is 0 Å². The number of H-pyrrole nitrogens is 1. The van der Waals surface area contributed by atoms with E-state index in [1.807, 2.05) is 35.7 Å². The normalized spacial score (nSPS) is 11.4. The van der Waals surface area contributed by atoms with Crippen molar-refractivity contribution in [3.05, 3.63) is 74.1 Å². The minimum Gasteiger partial charge on any atom is -0.503 e. The Hall–Kier alpha value is -2.90. The third kappa shape index (κ3) is 3.46. The molecule has 0 amide bonds. The first-order valence-electron chi connectivity index (χ1n) is 8.38. The maximum atomic E-state index is 12.7. The van der Waals surface area contributed by atoms with Crippen molar-refractivity contribution < 1.29 is 9.84 Å². The van der Waals surface area contributed by atoms with Gasteiger partial charge in [0.2, 0.25) is 0 Å². The van der Waals surface area contributed by atoms with E-state index in [2.05, 4.69) is 25.9 Å². The molecule has 0 saturated heterocycles. The van der Waals surface area contributed by atoms with Crippen LogP contribution in [0.4, 0.5) is 0 Å². The Kier molecular flexibility index (Phi) is 5.02. The average molecular weight is 455 g/mol. The van der Waals surface area contributed by atoms with Gasteiger partial charge in [-0.2, -0.15) is 0 Å². The first kappa shape index (κ1) is 18.5. The highest BCUT2D eigenvalue weighted by Gasteiger charge is 2.12. The smallest absolute Gasteiger partial charge is 0.260 e. The number of nitrogens with one attached hydrogen (secondary N) is 1. The summed E-state index contributed by atoms with van der Waals surface area (Å²) in [5.41, 5.74) is 2.50. The van der Waals surface area contributed by atoms with Gasteiger partial charge >= 0.3 is 0 Å². The van der Waals surface area contributed by atoms with Gasteiger partial charge in [0.25, 0.3) is 5.56 Å². The fourth-order valence-corrected chi connectivity index (χ4v) is 4.31. The molecule has 0 unspecified atom stereocenters. The van der Waals surface area contributed by atoms with Gasteiger partial charge in [-0.1, -0.05) is 36.4 Å². The SMILES string of the molecule is COc1cc(/C=C/c2nc3scc(-c4ccccc4)c3c(=O)[nH]2)cc(Br)c1O. The van der Waals surface area contributed by atoms with Crippen LogP contribution in [0.3, 0.4) is 0 Å². The number of halogens is 1. The molecule has 140 valence electrons. The molecule has 5 nitrogen and oxygen atoms in total. The molecule has 0 radical (unpaired) electrons. The van der Waals surface area contributed by atoms with E-state index in [1.165, 1.54) is 18.4 Å². The second kappa shape index (κ2) is 7.61. The van der Waals surface area contributed by atoms with E-state index in [1.54, 1.807) is 24.3 Å². The lowest BCUT2D eigenvalue weighted by Crippen LogP contribution is -2.09. The Morgan fingerprint density at radius 2 is 2.00 bits per heavy atom. The number of aromatic hydroxyl groups is 1. The number of ether oxygens (including phenoxy) is 1. The summed E-state index contributed by atoms with van der Waals surface area (Å²) in [4.78, 5) is 20.8. The van der Waals surface area contributed by atoms with E-state index in [-0.39, 0.29) is 11.3 Å². The van der Waals surface area contributed by atoms with E-state index < -0.39 is 0 Å². The maximum Gasteiger partial charge on any atom is 0.260 e. The number of aromatic amines is 1. The number of phenols is 1. The van der Waals surface area contributed by atoms with Crippen LogP contribution in [0.15, 0.2) is 57.1 Å². The molecule has 2 heterocycles. The van der Waals surface area contributed by atoms with Crippen molar-refractivity contribution in [3.8, 4) is 22.6 Å². The molecule has 0 bridgehead atoms. The van der Waals surface area contributed by atoms with Gasteiger partial charge in [-0.3, -0.25) is 4.79 Å². The lowest BCUT2D eigenvalue weighted by atomic mass is 10.1. The van der Waals surface area contributed by atoms with Crippen molar-refractivity contribution in [2.75, 3.05) is 7.11 Å². The minimum atomic E-state index is -0.172. The van der Waals surface area contributed by atoms with E-state index in [9.17, 15) is 9.90 Å². The van der Waals surface area contributed by atoms with Crippen LogP contribution in [0.5, 0.6) is 11.5 Å². The Balaban J connectivity index is 1.73. The van der Waals surface area contributed by atoms with Gasteiger partial charge in [0.1, 0.15) is 10.7 Å². The summed E-state index contributed by atoms with van der Waals surface area (Å²) in [6.45, 7) is 0. The van der Waals surface area contributed by atoms with Crippen molar-refractivity contribution in [3.63, 3.8) is 0 Å². The van der Waals surface area contributed by atoms with E-state index in [4.69, 9.17) is 4.74 Å². The molecule has 0 aliphatic carbocycles. The van der Waals surface area contributed by atoms with Crippen LogP contribution in [0.25, 0.3) is 33.5 Å². The number of fused-ring (bicyclic) bond motifs is 1. The molecule has 28 heavy (non-hydrogen) atoms. The number of benzene rings is 2. The number of hydrogen-bond acceptors (Lipinski definition) is 5. The Morgan fingerprint density at radius 1 is 1.21 bits per heavy atom. The molecule has 4 rings (SSSR count). The van der Waals surface area contributed by atoms with Crippen LogP contribution in [-0.2, 0) is 0 Å². The molecule has 2 N–H and O–H groups in total. The first-order chi connectivity index (χ1) is 13.6. The van der Waals surface area contributed by atoms with Crippen LogP contribution >= 0.6 is 27.3 Å². The van der Waals surface area contributed by atoms with Crippen molar-refractivity contribution in [1.29, 1.82) is 0 Å². The molecular formula is C21H15BrN2O3S. The molecule has 2 aromatic heterocycles. The topological polar surface area (TPSA) is 75.2 Å². The van der Waals surface area contributed by atoms with Gasteiger partial charge in [-0.15, -0.1) is 11.3 Å². The highest BCUT2D eigenvalue weighted by molar-refractivity contribution is 9.10. The second-order valence-electron chi connectivity index (χ2n) is 6.03. The standard InChI is InChI=1S/C21H15BrN2O3S/c1-27-16-10-12(9-15(22)19(16)25)7-8-17-23-20(26)18-14(11-28-21(18)24-17)13-5-3-2-4-6-13/h2-11,25H,1H3,(H,23,24,26)/b8-7+. The summed E-state index contributed by atoms with van der Waals surface area (Å²) in [7, 11) is 1.49. The van der Waals surface area contributed by atoms with Gasteiger partial charge in [-0.25, -0.2) is 4.98 Å². The molecule has 0 spiro atoms. The fourth-order valence-electron chi connectivity index (χ4n) is 2.90. The van der Waals surface area contributed by atoms with Crippen molar-refractivity contribution in [2.24, 2.45) is 0 Å². The summed E-state index contributed by atoms with van der Waals surface area (Å²) >= 11 is 4.74. The Morgan fingerprint density at radius 3 is 2.75 bits per heavy atom. The zero-order chi connectivity index (χ0) is 19.7. The molecule has 4 aromatic rings. The van der Waals surface area contributed by atoms with E-state index in [0.29, 0.717) is 26.3 Å². The zero-order valence-electron chi connectivity index (χ0n) is 14.8. The number of thiophene rings is 1. The number of hydrogen-bond donors (Lipinski definition) is 2. The Labute approximate surface area is 173 Å². The van der Waals surface area contributed by atoms with Gasteiger partial charge in [-0.05, 0) is 45.3 Å². The summed E-state index contributed by atoms with van der Waals surface area (Å²) in [5, 5.41) is 12.5. The molecule has 2 aromatic carbocycles. The predicted molar refractivity (Wildman–Crippen MR) is 117 cm³/mol. The van der Waals surface area contributed by atoms with E-state index in [0.717, 1.165) is 16.7 Å². The molecule has 0 aliphatic heterocycles. The van der Waals surface area contributed by atoms with Crippen LogP contribution in [0.2, 0.25) is 0 Å². The molecule has 7 heteroatoms. The average Bonchev–Trinajstić information content (AvgIpc) is 3.14. The van der Waals surface area contributed by atoms with Gasteiger partial charge in [0.05, 0.1) is 17.0 Å². The summed E-state index contributed by atoms with van der Waals surface area (Å²) in [6.07, 6.45) is 3.52. The monoisotopic (exact) mass is 454 g/mol. The largest absolute Gasteiger partial charge is 0.503 e. The van der Waals surface area contributed by atoms with Crippen LogP contribution in [0.1, 0.15) is 11.4 Å². The lowest BCUT2D eigenvalue weighted by molar-refractivity contribution is 0.372. The fraction of sp³-hybridized carbons (Fsp3) is 0.0476. The Bertz CT molecular complexity index is 1250. The van der Waals surface area contributed by atoms with Gasteiger partial charge in [0.15, 0.2) is 11.5 Å². The molecule has 0 atom stereocenters. The highest BCUT2D eigenvalue weighted by atomic mass is 79.9. The summed E-state index contributed by atoms with van der Waals surface area (Å²) in [5.74, 6) is 0.860. The first-order valence-corrected chi connectivity index (χ1v) is 10.1. The number of nitrogens with zero attached hydrogens (tertiary/aromatic N) is 1. The number of methoxy groups -OCH3 is 1. The third-order valence-electron chi connectivity index (χ3n) is 4.25. The highest BCUT2D eigenvalue weighted by Crippen LogP contribution is 2.35. The molecule has 0 aliphatic rings. The molecule has 0 saturated carbocycles. The quantitative estimate of drug-likeness (QED) is 0.438. The van der Waals surface area contributed by atoms with Crippen LogP contribution < -0.4 is 10.3 Å². The lowest BCUT2D eigenvalue weighted by Gasteiger charge is -2.06. The third-order valence-corrected chi connectivity index (χ3v) is 5.73. The second-order valence-corrected chi connectivity index (χ2v) is 7.75. The number of aromatic nitrogens is 2. The van der Waals surface area contributed by atoms with Gasteiger partial charge in [0, 0.05) is 10.9 Å². The zero-order valence-corrected chi connectivity index (χ0v) is 17.2. The number of phenolic OH excluding ortho intramolecular Hbond substituents is 1. The predicted octanol–water partition coefficient (Wildman–Crippen LogP) is 5.30. The van der Waals surface area contributed by atoms with Gasteiger partial charge < -0.3 is 14.8 Å². The van der Waals surface area contributed by atoms with Crippen molar-refractivity contribution in [2.45, 2.75) is 0 Å². The van der Waals surface area contributed by atoms with Crippen LogP contribution in [-0.4, -0.2) is 22.2 Å².